The van der Waals surface area contributed by atoms with Crippen molar-refractivity contribution >= 4 is 45.5 Å². The summed E-state index contributed by atoms with van der Waals surface area (Å²) in [5.74, 6) is -0.400. The van der Waals surface area contributed by atoms with Gasteiger partial charge in [0.2, 0.25) is 0 Å². The Morgan fingerprint density at radius 1 is 1.07 bits per heavy atom. The summed E-state index contributed by atoms with van der Waals surface area (Å²) in [5.41, 5.74) is 6.10. The van der Waals surface area contributed by atoms with Crippen LogP contribution in [0.1, 0.15) is 6.42 Å². The number of ether oxygens (including phenoxy) is 1. The number of hydrogen-bond donors (Lipinski definition) is 2. The smallest absolute Gasteiger partial charge is 0.406 e. The van der Waals surface area contributed by atoms with Crippen LogP contribution < -0.4 is 15.8 Å². The molecule has 0 saturated carbocycles. The summed E-state index contributed by atoms with van der Waals surface area (Å²) in [6.07, 6.45) is -4.48. The van der Waals surface area contributed by atoms with Crippen LogP contribution >= 0.6 is 24.0 Å². The van der Waals surface area contributed by atoms with Gasteiger partial charge in [0.25, 0.3) is 0 Å². The van der Waals surface area contributed by atoms with Crippen molar-refractivity contribution < 1.29 is 26.3 Å². The Balaban J connectivity index is 0.00000392. The Labute approximate surface area is 177 Å². The molecule has 28 heavy (non-hydrogen) atoms. The minimum atomic E-state index is -4.75. The fourth-order valence-corrected chi connectivity index (χ4v) is 3.44. The second-order valence-corrected chi connectivity index (χ2v) is 7.56. The van der Waals surface area contributed by atoms with Crippen molar-refractivity contribution in [2.45, 2.75) is 17.7 Å². The van der Waals surface area contributed by atoms with Gasteiger partial charge in [-0.2, -0.15) is 0 Å². The van der Waals surface area contributed by atoms with Crippen LogP contribution in [-0.4, -0.2) is 33.0 Å². The molecule has 0 saturated heterocycles. The number of benzene rings is 2. The Morgan fingerprint density at radius 2 is 1.68 bits per heavy atom. The number of nitrogens with two attached hydrogens (primary N) is 1. The molecule has 0 bridgehead atoms. The number of alkyl halides is 3. The fourth-order valence-electron chi connectivity index (χ4n) is 2.13. The lowest BCUT2D eigenvalue weighted by molar-refractivity contribution is -0.274. The van der Waals surface area contributed by atoms with Gasteiger partial charge in [-0.15, -0.1) is 37.1 Å². The molecule has 3 N–H and O–H groups in total. The monoisotopic (exact) mass is 529 g/mol. The van der Waals surface area contributed by atoms with Crippen molar-refractivity contribution in [3.8, 4) is 5.75 Å². The number of sulfone groups is 1. The van der Waals surface area contributed by atoms with E-state index < -0.39 is 16.2 Å². The zero-order valence-electron chi connectivity index (χ0n) is 14.5. The first-order valence-electron chi connectivity index (χ1n) is 7.86. The van der Waals surface area contributed by atoms with Crippen LogP contribution in [0, 0.1) is 0 Å². The molecular formula is C17H19F3IN3O3S. The first-order valence-corrected chi connectivity index (χ1v) is 9.51. The minimum absolute atomic E-state index is 0. The second kappa shape index (κ2) is 10.5. The molecule has 0 aliphatic heterocycles. The topological polar surface area (TPSA) is 93.8 Å². The van der Waals surface area contributed by atoms with Crippen LogP contribution in [0.25, 0.3) is 0 Å². The Morgan fingerprint density at radius 3 is 2.25 bits per heavy atom. The van der Waals surface area contributed by atoms with E-state index in [0.717, 1.165) is 12.1 Å². The largest absolute Gasteiger partial charge is 0.573 e. The molecule has 0 amide bonds. The van der Waals surface area contributed by atoms with Gasteiger partial charge < -0.3 is 15.8 Å². The number of halogens is 4. The average Bonchev–Trinajstić information content (AvgIpc) is 2.60. The molecule has 0 aromatic heterocycles. The van der Waals surface area contributed by atoms with E-state index in [1.54, 1.807) is 18.2 Å². The van der Waals surface area contributed by atoms with Crippen LogP contribution in [0.5, 0.6) is 5.75 Å². The number of hydrogen-bond acceptors (Lipinski definition) is 4. The normalized spacial score (nSPS) is 12.2. The third kappa shape index (κ3) is 8.33. The molecule has 2 aromatic rings. The van der Waals surface area contributed by atoms with E-state index in [1.165, 1.54) is 24.3 Å². The molecule has 0 radical (unpaired) electrons. The fraction of sp³-hybridized carbons (Fsp3) is 0.235. The number of anilines is 1. The van der Waals surface area contributed by atoms with Gasteiger partial charge in [0, 0.05) is 12.2 Å². The highest BCUT2D eigenvalue weighted by Gasteiger charge is 2.30. The van der Waals surface area contributed by atoms with Gasteiger partial charge in [0.05, 0.1) is 10.6 Å². The lowest BCUT2D eigenvalue weighted by Crippen LogP contribution is -2.23. The van der Waals surface area contributed by atoms with Gasteiger partial charge in [0.1, 0.15) is 5.75 Å². The van der Waals surface area contributed by atoms with Gasteiger partial charge in [-0.25, -0.2) is 8.42 Å². The lowest BCUT2D eigenvalue weighted by Gasteiger charge is -2.10. The number of nitrogens with zero attached hydrogens (tertiary/aromatic N) is 1. The molecule has 11 heteroatoms. The summed E-state index contributed by atoms with van der Waals surface area (Å²) in [7, 11) is -3.37. The highest BCUT2D eigenvalue weighted by molar-refractivity contribution is 14.0. The van der Waals surface area contributed by atoms with Crippen molar-refractivity contribution in [3.63, 3.8) is 0 Å². The van der Waals surface area contributed by atoms with Crippen molar-refractivity contribution in [3.05, 3.63) is 54.6 Å². The van der Waals surface area contributed by atoms with Gasteiger partial charge in [-0.1, -0.05) is 18.2 Å². The predicted molar refractivity (Wildman–Crippen MR) is 112 cm³/mol. The lowest BCUT2D eigenvalue weighted by atomic mass is 10.3. The van der Waals surface area contributed by atoms with E-state index in [-0.39, 0.29) is 59.3 Å². The van der Waals surface area contributed by atoms with E-state index in [1.807, 2.05) is 0 Å². The summed E-state index contributed by atoms with van der Waals surface area (Å²) in [6, 6.07) is 13.1. The summed E-state index contributed by atoms with van der Waals surface area (Å²) in [6.45, 7) is 0.181. The maximum Gasteiger partial charge on any atom is 0.573 e. The van der Waals surface area contributed by atoms with Gasteiger partial charge >= 0.3 is 6.36 Å². The summed E-state index contributed by atoms with van der Waals surface area (Å²) in [5, 5.41) is 2.70. The quantitative estimate of drug-likeness (QED) is 0.247. The number of rotatable bonds is 7. The van der Waals surface area contributed by atoms with Crippen molar-refractivity contribution in [1.82, 2.24) is 0 Å². The van der Waals surface area contributed by atoms with Gasteiger partial charge in [0.15, 0.2) is 15.8 Å². The molecule has 2 aromatic carbocycles. The molecule has 0 aliphatic rings. The molecule has 6 nitrogen and oxygen atoms in total. The van der Waals surface area contributed by atoms with Crippen LogP contribution in [0.2, 0.25) is 0 Å². The minimum Gasteiger partial charge on any atom is -0.406 e. The highest BCUT2D eigenvalue weighted by Crippen LogP contribution is 2.23. The number of nitrogens with one attached hydrogen (secondary N) is 1. The van der Waals surface area contributed by atoms with Crippen LogP contribution in [0.3, 0.4) is 0 Å². The first-order chi connectivity index (χ1) is 12.7. The molecule has 0 spiro atoms. The van der Waals surface area contributed by atoms with Gasteiger partial charge in [-0.05, 0) is 42.8 Å². The molecular weight excluding hydrogens is 510 g/mol. The average molecular weight is 529 g/mol. The first kappa shape index (κ1) is 24.0. The molecule has 0 fully saturated rings. The summed E-state index contributed by atoms with van der Waals surface area (Å²) >= 11 is 0. The number of aliphatic imine (C=N–C) groups is 1. The van der Waals surface area contributed by atoms with Crippen LogP contribution in [0.15, 0.2) is 64.5 Å². The van der Waals surface area contributed by atoms with E-state index in [2.05, 4.69) is 15.0 Å². The van der Waals surface area contributed by atoms with Crippen LogP contribution in [-0.2, 0) is 9.84 Å². The van der Waals surface area contributed by atoms with Crippen LogP contribution in [0.4, 0.5) is 18.9 Å². The second-order valence-electron chi connectivity index (χ2n) is 5.45. The summed E-state index contributed by atoms with van der Waals surface area (Å²) < 4.78 is 64.3. The number of guanidine groups is 1. The Hall–Kier alpha value is -2.02. The molecule has 0 aliphatic carbocycles. The molecule has 0 atom stereocenters. The zero-order valence-corrected chi connectivity index (χ0v) is 17.7. The van der Waals surface area contributed by atoms with Crippen molar-refractivity contribution in [2.75, 3.05) is 17.6 Å². The molecule has 0 heterocycles. The zero-order chi connectivity index (χ0) is 19.9. The maximum atomic E-state index is 12.1. The maximum absolute atomic E-state index is 12.1. The summed E-state index contributed by atoms with van der Waals surface area (Å²) in [4.78, 5) is 4.26. The Bertz CT molecular complexity index is 874. The third-order valence-corrected chi connectivity index (χ3v) is 5.13. The van der Waals surface area contributed by atoms with Gasteiger partial charge in [-0.3, -0.25) is 4.99 Å². The standard InChI is InChI=1S/C17H18F3N3O3S.HI/c18-17(19,20)26-14-9-7-13(8-10-14)23-16(21)22-11-4-12-27(24,25)15-5-2-1-3-6-15;/h1-3,5-10H,4,11-12H2,(H3,21,22,23);1H. The van der Waals surface area contributed by atoms with E-state index >= 15 is 0 Å². The molecule has 2 rings (SSSR count). The third-order valence-electron chi connectivity index (χ3n) is 3.32. The SMILES string of the molecule is I.NC(=NCCCS(=O)(=O)c1ccccc1)Nc1ccc(OC(F)(F)F)cc1. The van der Waals surface area contributed by atoms with E-state index in [9.17, 15) is 21.6 Å². The highest BCUT2D eigenvalue weighted by atomic mass is 127. The predicted octanol–water partition coefficient (Wildman–Crippen LogP) is 3.79. The van der Waals surface area contributed by atoms with Crippen molar-refractivity contribution in [1.29, 1.82) is 0 Å². The molecule has 154 valence electrons. The van der Waals surface area contributed by atoms with Crippen molar-refractivity contribution in [2.24, 2.45) is 10.7 Å². The van der Waals surface area contributed by atoms with E-state index in [4.69, 9.17) is 5.73 Å². The van der Waals surface area contributed by atoms with E-state index in [0.29, 0.717) is 5.69 Å². The Kier molecular flexibility index (Phi) is 9.01. The molecule has 0 unspecified atom stereocenters.